The van der Waals surface area contributed by atoms with E-state index in [-0.39, 0.29) is 0 Å². The lowest BCUT2D eigenvalue weighted by atomic mass is 10.0. The predicted octanol–water partition coefficient (Wildman–Crippen LogP) is 2.67. The molecule has 1 fully saturated rings. The number of benzene rings is 1. The Kier molecular flexibility index (Phi) is 2.96. The smallest absolute Gasteiger partial charge is 0.122 e. The number of aryl methyl sites for hydroxylation is 1. The van der Waals surface area contributed by atoms with Crippen molar-refractivity contribution >= 4 is 0 Å². The van der Waals surface area contributed by atoms with E-state index in [9.17, 15) is 0 Å². The first-order valence-electron chi connectivity index (χ1n) is 5.58. The first-order chi connectivity index (χ1) is 7.26. The summed E-state index contributed by atoms with van der Waals surface area (Å²) in [5.74, 6) is 1.82. The van der Waals surface area contributed by atoms with E-state index in [0.717, 1.165) is 11.7 Å². The van der Waals surface area contributed by atoms with E-state index >= 15 is 0 Å². The van der Waals surface area contributed by atoms with E-state index in [4.69, 9.17) is 4.74 Å². The van der Waals surface area contributed by atoms with E-state index in [1.807, 2.05) is 7.05 Å². The highest BCUT2D eigenvalue weighted by atomic mass is 16.5. The highest BCUT2D eigenvalue weighted by molar-refractivity contribution is 5.38. The Bertz CT molecular complexity index is 344. The van der Waals surface area contributed by atoms with Crippen LogP contribution in [0.15, 0.2) is 18.2 Å². The molecule has 0 saturated heterocycles. The molecule has 1 aromatic carbocycles. The summed E-state index contributed by atoms with van der Waals surface area (Å²) in [5.41, 5.74) is 2.55. The number of hydrogen-bond donors (Lipinski definition) is 1. The largest absolute Gasteiger partial charge is 0.496 e. The van der Waals surface area contributed by atoms with Crippen LogP contribution in [0.1, 0.15) is 30.0 Å². The van der Waals surface area contributed by atoms with Gasteiger partial charge in [-0.15, -0.1) is 0 Å². The zero-order chi connectivity index (χ0) is 10.8. The van der Waals surface area contributed by atoms with Gasteiger partial charge in [0.25, 0.3) is 0 Å². The van der Waals surface area contributed by atoms with Crippen molar-refractivity contribution in [1.82, 2.24) is 5.32 Å². The topological polar surface area (TPSA) is 21.3 Å². The summed E-state index contributed by atoms with van der Waals surface area (Å²) in [5, 5.41) is 3.40. The second kappa shape index (κ2) is 4.23. The van der Waals surface area contributed by atoms with Gasteiger partial charge in [0, 0.05) is 6.04 Å². The quantitative estimate of drug-likeness (QED) is 0.816. The van der Waals surface area contributed by atoms with E-state index in [1.165, 1.54) is 24.0 Å². The van der Waals surface area contributed by atoms with Crippen molar-refractivity contribution in [3.63, 3.8) is 0 Å². The monoisotopic (exact) mass is 205 g/mol. The molecule has 0 spiro atoms. The Labute approximate surface area is 91.6 Å². The number of ether oxygens (including phenoxy) is 1. The molecule has 0 aliphatic heterocycles. The molecule has 1 aliphatic rings. The van der Waals surface area contributed by atoms with Crippen LogP contribution in [-0.4, -0.2) is 14.2 Å². The summed E-state index contributed by atoms with van der Waals surface area (Å²) in [6, 6.07) is 7.01. The number of hydrogen-bond acceptors (Lipinski definition) is 2. The van der Waals surface area contributed by atoms with Crippen LogP contribution in [0.5, 0.6) is 5.75 Å². The Hall–Kier alpha value is -1.02. The highest BCUT2D eigenvalue weighted by Crippen LogP contribution is 2.41. The SMILES string of the molecule is CNC(c1ccc(C)c(OC)c1)C1CC1. The minimum absolute atomic E-state index is 0.500. The third-order valence-corrected chi connectivity index (χ3v) is 3.20. The lowest BCUT2D eigenvalue weighted by molar-refractivity contribution is 0.409. The molecule has 0 heterocycles. The third kappa shape index (κ3) is 2.15. The molecule has 2 heteroatoms. The van der Waals surface area contributed by atoms with Crippen molar-refractivity contribution < 1.29 is 4.74 Å². The third-order valence-electron chi connectivity index (χ3n) is 3.20. The number of methoxy groups -OCH3 is 1. The zero-order valence-electron chi connectivity index (χ0n) is 9.71. The fourth-order valence-corrected chi connectivity index (χ4v) is 2.13. The molecule has 15 heavy (non-hydrogen) atoms. The predicted molar refractivity (Wildman–Crippen MR) is 62.3 cm³/mol. The molecule has 0 bridgehead atoms. The van der Waals surface area contributed by atoms with Gasteiger partial charge in [-0.1, -0.05) is 12.1 Å². The van der Waals surface area contributed by atoms with Gasteiger partial charge in [0.2, 0.25) is 0 Å². The Morgan fingerprint density at radius 2 is 2.13 bits per heavy atom. The van der Waals surface area contributed by atoms with Crippen LogP contribution in [0, 0.1) is 12.8 Å². The van der Waals surface area contributed by atoms with Crippen LogP contribution in [0.2, 0.25) is 0 Å². The van der Waals surface area contributed by atoms with E-state index in [0.29, 0.717) is 6.04 Å². The molecule has 2 rings (SSSR count). The van der Waals surface area contributed by atoms with Gasteiger partial charge in [-0.2, -0.15) is 0 Å². The molecule has 1 N–H and O–H groups in total. The van der Waals surface area contributed by atoms with Crippen LogP contribution in [-0.2, 0) is 0 Å². The first-order valence-corrected chi connectivity index (χ1v) is 5.58. The summed E-state index contributed by atoms with van der Waals surface area (Å²) in [4.78, 5) is 0. The van der Waals surface area contributed by atoms with Crippen molar-refractivity contribution in [3.05, 3.63) is 29.3 Å². The standard InChI is InChI=1S/C13H19NO/c1-9-4-5-11(8-12(9)15-3)13(14-2)10-6-7-10/h4-5,8,10,13-14H,6-7H2,1-3H3. The number of nitrogens with one attached hydrogen (secondary N) is 1. The van der Waals surface area contributed by atoms with Gasteiger partial charge in [-0.25, -0.2) is 0 Å². The van der Waals surface area contributed by atoms with E-state index in [2.05, 4.69) is 30.4 Å². The van der Waals surface area contributed by atoms with Crippen molar-refractivity contribution in [2.24, 2.45) is 5.92 Å². The van der Waals surface area contributed by atoms with Gasteiger partial charge in [0.05, 0.1) is 7.11 Å². The van der Waals surface area contributed by atoms with Crippen molar-refractivity contribution in [1.29, 1.82) is 0 Å². The zero-order valence-corrected chi connectivity index (χ0v) is 9.71. The second-order valence-electron chi connectivity index (χ2n) is 4.33. The molecule has 0 aromatic heterocycles. The Balaban J connectivity index is 2.26. The van der Waals surface area contributed by atoms with Crippen LogP contribution < -0.4 is 10.1 Å². The van der Waals surface area contributed by atoms with Crippen LogP contribution in [0.25, 0.3) is 0 Å². The maximum atomic E-state index is 5.35. The molecule has 1 unspecified atom stereocenters. The fraction of sp³-hybridized carbons (Fsp3) is 0.538. The molecule has 1 aromatic rings. The molecule has 82 valence electrons. The van der Waals surface area contributed by atoms with Crippen molar-refractivity contribution in [3.8, 4) is 5.75 Å². The molecule has 2 nitrogen and oxygen atoms in total. The lowest BCUT2D eigenvalue weighted by Gasteiger charge is -2.17. The van der Waals surface area contributed by atoms with Gasteiger partial charge in [-0.3, -0.25) is 0 Å². The van der Waals surface area contributed by atoms with Gasteiger partial charge >= 0.3 is 0 Å². The molecule has 1 aliphatic carbocycles. The van der Waals surface area contributed by atoms with Crippen LogP contribution >= 0.6 is 0 Å². The minimum atomic E-state index is 0.500. The Morgan fingerprint density at radius 1 is 1.40 bits per heavy atom. The molecular weight excluding hydrogens is 186 g/mol. The molecule has 0 amide bonds. The number of rotatable bonds is 4. The van der Waals surface area contributed by atoms with Gasteiger partial charge in [0.15, 0.2) is 0 Å². The maximum absolute atomic E-state index is 5.35. The maximum Gasteiger partial charge on any atom is 0.122 e. The summed E-state index contributed by atoms with van der Waals surface area (Å²) in [7, 11) is 3.77. The lowest BCUT2D eigenvalue weighted by Crippen LogP contribution is -2.18. The van der Waals surface area contributed by atoms with Crippen molar-refractivity contribution in [2.75, 3.05) is 14.2 Å². The van der Waals surface area contributed by atoms with Gasteiger partial charge < -0.3 is 10.1 Å². The summed E-state index contributed by atoms with van der Waals surface area (Å²) in [6.07, 6.45) is 2.70. The minimum Gasteiger partial charge on any atom is -0.496 e. The molecule has 1 saturated carbocycles. The van der Waals surface area contributed by atoms with Crippen LogP contribution in [0.3, 0.4) is 0 Å². The van der Waals surface area contributed by atoms with Gasteiger partial charge in [-0.05, 0) is 49.9 Å². The Morgan fingerprint density at radius 3 is 2.67 bits per heavy atom. The summed E-state index contributed by atoms with van der Waals surface area (Å²) < 4.78 is 5.35. The second-order valence-corrected chi connectivity index (χ2v) is 4.33. The van der Waals surface area contributed by atoms with E-state index in [1.54, 1.807) is 7.11 Å². The van der Waals surface area contributed by atoms with Crippen LogP contribution in [0.4, 0.5) is 0 Å². The normalized spacial score (nSPS) is 17.5. The summed E-state index contributed by atoms with van der Waals surface area (Å²) in [6.45, 7) is 2.08. The molecular formula is C13H19NO. The average Bonchev–Trinajstić information content (AvgIpc) is 3.06. The van der Waals surface area contributed by atoms with E-state index < -0.39 is 0 Å². The van der Waals surface area contributed by atoms with Gasteiger partial charge in [0.1, 0.15) is 5.75 Å². The van der Waals surface area contributed by atoms with Crippen molar-refractivity contribution in [2.45, 2.75) is 25.8 Å². The first kappa shape index (κ1) is 10.5. The summed E-state index contributed by atoms with van der Waals surface area (Å²) >= 11 is 0. The molecule has 0 radical (unpaired) electrons. The fourth-order valence-electron chi connectivity index (χ4n) is 2.13. The molecule has 1 atom stereocenters. The average molecular weight is 205 g/mol. The highest BCUT2D eigenvalue weighted by Gasteiger charge is 2.31.